The number of amides is 4. The van der Waals surface area contributed by atoms with Crippen molar-refractivity contribution in [3.05, 3.63) is 126 Å². The summed E-state index contributed by atoms with van der Waals surface area (Å²) in [6, 6.07) is 30.4. The summed E-state index contributed by atoms with van der Waals surface area (Å²) in [5.74, 6) is 0.526. The third-order valence-corrected chi connectivity index (χ3v) is 12.2. The monoisotopic (exact) mass is 792 g/mol. The number of aromatic nitrogens is 4. The molecule has 13 nitrogen and oxygen atoms in total. The molecule has 14 heteroatoms. The van der Waals surface area contributed by atoms with E-state index in [-0.39, 0.29) is 24.4 Å². The fourth-order valence-electron chi connectivity index (χ4n) is 8.00. The van der Waals surface area contributed by atoms with Crippen LogP contribution >= 0.6 is 11.8 Å². The molecule has 5 heterocycles. The molecular formula is C44H40N8O5S. The Morgan fingerprint density at radius 2 is 1.53 bits per heavy atom. The fraction of sp³-hybridized carbons (Fsp3) is 0.250. The lowest BCUT2D eigenvalue weighted by molar-refractivity contribution is -0.136. The number of nitrogens with zero attached hydrogens (tertiary/aromatic N) is 6. The molecule has 1 atom stereocenters. The lowest BCUT2D eigenvalue weighted by Crippen LogP contribution is -2.54. The number of anilines is 1. The number of hydrogen-bond acceptors (Lipinski definition) is 11. The molecule has 3 aliphatic rings. The minimum Gasteiger partial charge on any atom is -0.457 e. The average Bonchev–Trinajstić information content (AvgIpc) is 3.76. The van der Waals surface area contributed by atoms with Crippen LogP contribution in [0.1, 0.15) is 63.6 Å². The topological polar surface area (TPSA) is 166 Å². The van der Waals surface area contributed by atoms with Gasteiger partial charge in [-0.15, -0.1) is 11.8 Å². The van der Waals surface area contributed by atoms with Gasteiger partial charge in [-0.05, 0) is 85.3 Å². The van der Waals surface area contributed by atoms with Crippen molar-refractivity contribution < 1.29 is 23.9 Å². The lowest BCUT2D eigenvalue weighted by Gasteiger charge is -2.32. The Balaban J connectivity index is 0.795. The van der Waals surface area contributed by atoms with Crippen LogP contribution in [0.3, 0.4) is 0 Å². The Kier molecular flexibility index (Phi) is 10.2. The standard InChI is InChI=1S/C44H40N8O5S/c45-40-38-39(29-13-15-32(16-14-29)57-31-5-2-1-3-6-31)49-52(41(38)47-26-46-40)30-20-23-50(24-21-30)22-19-27-9-11-28(12-10-27)25-58-35-8-4-7-33-37(35)44(56)51(43(33)55)34-17-18-36(53)48-42(34)54/h1-16,26,30,34H,17-25H2,(H2,45,46,47)(H,48,53,54). The summed E-state index contributed by atoms with van der Waals surface area (Å²) in [6.45, 7) is 2.81. The van der Waals surface area contributed by atoms with Gasteiger partial charge in [-0.25, -0.2) is 14.6 Å². The number of piperidine rings is 2. The smallest absolute Gasteiger partial charge is 0.263 e. The second-order valence-corrected chi connectivity index (χ2v) is 15.8. The van der Waals surface area contributed by atoms with Crippen LogP contribution in [0.25, 0.3) is 22.3 Å². The van der Waals surface area contributed by atoms with E-state index in [1.165, 1.54) is 23.7 Å². The highest BCUT2D eigenvalue weighted by molar-refractivity contribution is 7.98. The number of nitrogens with two attached hydrogens (primary N) is 1. The van der Waals surface area contributed by atoms with Gasteiger partial charge in [-0.2, -0.15) is 5.10 Å². The van der Waals surface area contributed by atoms with Crippen molar-refractivity contribution in [1.82, 2.24) is 34.9 Å². The second kappa shape index (κ2) is 15.9. The van der Waals surface area contributed by atoms with E-state index in [1.807, 2.05) is 65.3 Å². The highest BCUT2D eigenvalue weighted by Gasteiger charge is 2.45. The molecule has 0 saturated carbocycles. The molecule has 2 fully saturated rings. The quantitative estimate of drug-likeness (QED) is 0.110. The van der Waals surface area contributed by atoms with Gasteiger partial charge in [-0.3, -0.25) is 29.4 Å². The minimum absolute atomic E-state index is 0.0843. The molecule has 3 aliphatic heterocycles. The summed E-state index contributed by atoms with van der Waals surface area (Å²) < 4.78 is 8.03. The van der Waals surface area contributed by atoms with Crippen molar-refractivity contribution in [3.63, 3.8) is 0 Å². The van der Waals surface area contributed by atoms with Crippen molar-refractivity contribution in [2.45, 2.75) is 54.8 Å². The number of imide groups is 2. The van der Waals surface area contributed by atoms with Crippen LogP contribution in [0.5, 0.6) is 11.5 Å². The maximum absolute atomic E-state index is 13.5. The van der Waals surface area contributed by atoms with Crippen LogP contribution in [-0.2, 0) is 21.8 Å². The number of hydrogen-bond donors (Lipinski definition) is 2. The Labute approximate surface area is 338 Å². The number of carbonyl (C=O) groups is 4. The van der Waals surface area contributed by atoms with E-state index >= 15 is 0 Å². The highest BCUT2D eigenvalue weighted by atomic mass is 32.2. The third-order valence-electron chi connectivity index (χ3n) is 11.1. The normalized spacial score (nSPS) is 17.5. The number of ether oxygens (including phenoxy) is 1. The molecule has 1 unspecified atom stereocenters. The van der Waals surface area contributed by atoms with Gasteiger partial charge in [0.15, 0.2) is 5.65 Å². The number of carbonyl (C=O) groups excluding carboxylic acids is 4. The summed E-state index contributed by atoms with van der Waals surface area (Å²) >= 11 is 1.49. The molecular weight excluding hydrogens is 753 g/mol. The summed E-state index contributed by atoms with van der Waals surface area (Å²) in [5.41, 5.74) is 11.8. The van der Waals surface area contributed by atoms with Crippen LogP contribution in [0.15, 0.2) is 108 Å². The zero-order valence-electron chi connectivity index (χ0n) is 31.5. The van der Waals surface area contributed by atoms with Crippen molar-refractivity contribution in [2.75, 3.05) is 25.4 Å². The zero-order valence-corrected chi connectivity index (χ0v) is 32.4. The zero-order chi connectivity index (χ0) is 39.8. The van der Waals surface area contributed by atoms with E-state index in [0.29, 0.717) is 22.0 Å². The number of para-hydroxylation sites is 1. The molecule has 2 saturated heterocycles. The summed E-state index contributed by atoms with van der Waals surface area (Å²) in [5, 5.41) is 8.09. The number of nitrogen functional groups attached to an aromatic ring is 1. The first-order chi connectivity index (χ1) is 28.3. The van der Waals surface area contributed by atoms with Gasteiger partial charge in [-0.1, -0.05) is 48.5 Å². The van der Waals surface area contributed by atoms with Gasteiger partial charge in [0.1, 0.15) is 35.4 Å². The SMILES string of the molecule is Nc1ncnc2c1c(-c1ccc(Oc3ccccc3)cc1)nn2C1CCN(CCc2ccc(CSc3cccc4c3C(=O)N(C3CCC(=O)NC3=O)C4=O)cc2)CC1. The predicted molar refractivity (Wildman–Crippen MR) is 219 cm³/mol. The van der Waals surface area contributed by atoms with Gasteiger partial charge in [0, 0.05) is 42.3 Å². The van der Waals surface area contributed by atoms with E-state index in [0.717, 1.165) is 83.1 Å². The Morgan fingerprint density at radius 1 is 0.793 bits per heavy atom. The average molecular weight is 793 g/mol. The Hall–Kier alpha value is -6.38. The second-order valence-electron chi connectivity index (χ2n) is 14.7. The van der Waals surface area contributed by atoms with E-state index in [2.05, 4.69) is 44.5 Å². The summed E-state index contributed by atoms with van der Waals surface area (Å²) in [4.78, 5) is 64.0. The Morgan fingerprint density at radius 3 is 2.29 bits per heavy atom. The highest BCUT2D eigenvalue weighted by Crippen LogP contribution is 2.37. The van der Waals surface area contributed by atoms with Crippen LogP contribution in [0, 0.1) is 0 Å². The van der Waals surface area contributed by atoms with Crippen molar-refractivity contribution >= 4 is 52.2 Å². The van der Waals surface area contributed by atoms with Crippen LogP contribution < -0.4 is 15.8 Å². The van der Waals surface area contributed by atoms with E-state index in [9.17, 15) is 19.2 Å². The van der Waals surface area contributed by atoms with Crippen LogP contribution in [0.2, 0.25) is 0 Å². The first-order valence-electron chi connectivity index (χ1n) is 19.4. The van der Waals surface area contributed by atoms with Gasteiger partial charge >= 0.3 is 0 Å². The lowest BCUT2D eigenvalue weighted by atomic mass is 10.0. The fourth-order valence-corrected chi connectivity index (χ4v) is 9.03. The maximum Gasteiger partial charge on any atom is 0.263 e. The molecule has 0 spiro atoms. The summed E-state index contributed by atoms with van der Waals surface area (Å²) in [6.07, 6.45) is 4.50. The molecule has 4 aromatic carbocycles. The van der Waals surface area contributed by atoms with Crippen molar-refractivity contribution in [1.29, 1.82) is 0 Å². The predicted octanol–water partition coefficient (Wildman–Crippen LogP) is 6.44. The third kappa shape index (κ3) is 7.32. The van der Waals surface area contributed by atoms with Gasteiger partial charge in [0.05, 0.1) is 22.6 Å². The number of nitrogens with one attached hydrogen (secondary N) is 1. The van der Waals surface area contributed by atoms with Gasteiger partial charge in [0.25, 0.3) is 11.8 Å². The maximum atomic E-state index is 13.5. The van der Waals surface area contributed by atoms with Crippen molar-refractivity contribution in [3.8, 4) is 22.8 Å². The number of benzene rings is 4. The van der Waals surface area contributed by atoms with Crippen LogP contribution in [-0.4, -0.2) is 78.9 Å². The number of fused-ring (bicyclic) bond motifs is 2. The number of thioether (sulfide) groups is 1. The number of rotatable bonds is 11. The first kappa shape index (κ1) is 37.2. The van der Waals surface area contributed by atoms with Crippen molar-refractivity contribution in [2.24, 2.45) is 0 Å². The van der Waals surface area contributed by atoms with E-state index < -0.39 is 29.7 Å². The molecule has 0 radical (unpaired) electrons. The molecule has 3 N–H and O–H groups in total. The molecule has 9 rings (SSSR count). The van der Waals surface area contributed by atoms with Gasteiger partial charge < -0.3 is 15.4 Å². The first-order valence-corrected chi connectivity index (χ1v) is 20.4. The van der Waals surface area contributed by atoms with Crippen LogP contribution in [0.4, 0.5) is 5.82 Å². The van der Waals surface area contributed by atoms with E-state index in [4.69, 9.17) is 15.6 Å². The molecule has 292 valence electrons. The molecule has 58 heavy (non-hydrogen) atoms. The molecule has 0 aliphatic carbocycles. The summed E-state index contributed by atoms with van der Waals surface area (Å²) in [7, 11) is 0. The Bertz CT molecular complexity index is 2540. The molecule has 0 bridgehead atoms. The molecule has 4 amide bonds. The largest absolute Gasteiger partial charge is 0.457 e. The van der Waals surface area contributed by atoms with Gasteiger partial charge in [0.2, 0.25) is 11.8 Å². The molecule has 6 aromatic rings. The molecule has 2 aromatic heterocycles. The van der Waals surface area contributed by atoms with E-state index in [1.54, 1.807) is 12.1 Å². The minimum atomic E-state index is -0.988. The number of likely N-dealkylation sites (tertiary alicyclic amines) is 1.